The number of carbonyl (C=O) groups excluding carboxylic acids is 1. The lowest BCUT2D eigenvalue weighted by Crippen LogP contribution is -2.54. The van der Waals surface area contributed by atoms with Crippen LogP contribution >= 0.6 is 11.6 Å². The summed E-state index contributed by atoms with van der Waals surface area (Å²) in [6.45, 7) is 5.55. The molecular weight excluding hydrogens is 648 g/mol. The number of nitrogens with one attached hydrogen (secondary N) is 1. The molecule has 7 rings (SSSR count). The van der Waals surface area contributed by atoms with E-state index in [9.17, 15) is 18.3 Å². The summed E-state index contributed by atoms with van der Waals surface area (Å²) in [6.07, 6.45) is 11.9. The van der Waals surface area contributed by atoms with Crippen LogP contribution in [0.5, 0.6) is 5.75 Å². The Hall–Kier alpha value is -2.59. The van der Waals surface area contributed by atoms with E-state index in [1.54, 1.807) is 32.2 Å². The average Bonchev–Trinajstić information content (AvgIpc) is 3.90. The quantitative estimate of drug-likeness (QED) is 0.356. The summed E-state index contributed by atoms with van der Waals surface area (Å²) in [5.74, 6) is 0.211. The maximum absolute atomic E-state index is 13.7. The molecule has 0 saturated heterocycles. The highest BCUT2D eigenvalue weighted by Crippen LogP contribution is 2.51. The Labute approximate surface area is 290 Å². The minimum absolute atomic E-state index is 0.0470. The van der Waals surface area contributed by atoms with Crippen molar-refractivity contribution in [3.8, 4) is 5.75 Å². The first-order valence-corrected chi connectivity index (χ1v) is 19.6. The van der Waals surface area contributed by atoms with Gasteiger partial charge >= 0.3 is 0 Å². The third-order valence-corrected chi connectivity index (χ3v) is 13.9. The van der Waals surface area contributed by atoms with Crippen molar-refractivity contribution in [1.29, 1.82) is 0 Å². The summed E-state index contributed by atoms with van der Waals surface area (Å²) in [5, 5.41) is 12.0. The van der Waals surface area contributed by atoms with Gasteiger partial charge in [0.05, 0.1) is 28.9 Å². The maximum Gasteiger partial charge on any atom is 0.264 e. The second-order valence-corrected chi connectivity index (χ2v) is 17.4. The van der Waals surface area contributed by atoms with Crippen molar-refractivity contribution in [2.75, 3.05) is 31.7 Å². The van der Waals surface area contributed by atoms with Crippen LogP contribution in [0.2, 0.25) is 5.02 Å². The van der Waals surface area contributed by atoms with E-state index in [1.807, 2.05) is 13.0 Å². The van der Waals surface area contributed by atoms with E-state index in [4.69, 9.17) is 21.1 Å². The van der Waals surface area contributed by atoms with Gasteiger partial charge in [-0.2, -0.15) is 0 Å². The molecule has 7 atom stereocenters. The molecule has 2 saturated carbocycles. The lowest BCUT2D eigenvalue weighted by Gasteiger charge is -2.51. The number of aliphatic hydroxyl groups is 1. The van der Waals surface area contributed by atoms with E-state index in [1.165, 1.54) is 11.1 Å². The number of halogens is 1. The first kappa shape index (κ1) is 33.9. The molecule has 0 radical (unpaired) electrons. The van der Waals surface area contributed by atoms with E-state index in [0.717, 1.165) is 55.7 Å². The van der Waals surface area contributed by atoms with Crippen LogP contribution in [-0.4, -0.2) is 57.9 Å². The second kappa shape index (κ2) is 12.9. The number of sulfonamides is 1. The van der Waals surface area contributed by atoms with Gasteiger partial charge in [-0.1, -0.05) is 43.7 Å². The Bertz CT molecular complexity index is 1690. The topological polar surface area (TPSA) is 105 Å². The molecule has 10 heteroatoms. The van der Waals surface area contributed by atoms with Gasteiger partial charge in [0, 0.05) is 43.0 Å². The Kier molecular flexibility index (Phi) is 9.14. The Morgan fingerprint density at radius 1 is 1.15 bits per heavy atom. The highest BCUT2D eigenvalue weighted by molar-refractivity contribution is 7.90. The number of allylic oxidation sites excluding steroid dienone is 1. The number of fused-ring (bicyclic) bond motifs is 4. The van der Waals surface area contributed by atoms with Crippen LogP contribution in [0.15, 0.2) is 53.4 Å². The van der Waals surface area contributed by atoms with E-state index in [2.05, 4.69) is 33.9 Å². The number of methoxy groups -OCH3 is 1. The summed E-state index contributed by atoms with van der Waals surface area (Å²) < 4.78 is 42.8. The smallest absolute Gasteiger partial charge is 0.264 e. The number of benzene rings is 2. The SMILES string of the molecule is CO[C@@]1(CC(O)C2CC2)/C=C/C[C@H](C)[C@@H](C)C(=O)NS(=O)(=O)c2ccc3c(c2)N(C[C@@H]2CC[C@H]21)C[C@@]1(CCCc2cc(Cl)ccc21)CO3. The molecule has 2 bridgehead atoms. The normalized spacial score (nSPS) is 34.4. The van der Waals surface area contributed by atoms with Crippen molar-refractivity contribution in [2.24, 2.45) is 29.6 Å². The zero-order valence-electron chi connectivity index (χ0n) is 28.3. The van der Waals surface area contributed by atoms with Crippen LogP contribution < -0.4 is 14.4 Å². The van der Waals surface area contributed by atoms with Gasteiger partial charge in [0.15, 0.2) is 0 Å². The number of aliphatic hydroxyl groups excluding tert-OH is 1. The molecular formula is C38H49ClN2O6S. The molecule has 2 aromatic carbocycles. The predicted octanol–water partition coefficient (Wildman–Crippen LogP) is 6.42. The van der Waals surface area contributed by atoms with Crippen LogP contribution in [0.3, 0.4) is 0 Å². The third-order valence-electron chi connectivity index (χ3n) is 12.3. The molecule has 8 nitrogen and oxygen atoms in total. The first-order chi connectivity index (χ1) is 22.9. The molecule has 3 aliphatic carbocycles. The number of rotatable bonds is 4. The number of hydrogen-bond donors (Lipinski definition) is 2. The van der Waals surface area contributed by atoms with Gasteiger partial charge in [0.25, 0.3) is 10.0 Å². The van der Waals surface area contributed by atoms with Gasteiger partial charge in [-0.05, 0) is 116 Å². The number of aryl methyl sites for hydroxylation is 1. The summed E-state index contributed by atoms with van der Waals surface area (Å²) in [4.78, 5) is 15.7. The van der Waals surface area contributed by atoms with Gasteiger partial charge in [-0.15, -0.1) is 0 Å². The number of ether oxygens (including phenoxy) is 2. The van der Waals surface area contributed by atoms with Crippen molar-refractivity contribution >= 4 is 33.2 Å². The van der Waals surface area contributed by atoms with E-state index < -0.39 is 33.6 Å². The Morgan fingerprint density at radius 3 is 2.69 bits per heavy atom. The molecule has 260 valence electrons. The van der Waals surface area contributed by atoms with Crippen molar-refractivity contribution in [3.05, 3.63) is 64.7 Å². The van der Waals surface area contributed by atoms with E-state index in [0.29, 0.717) is 44.2 Å². The van der Waals surface area contributed by atoms with Gasteiger partial charge in [-0.25, -0.2) is 13.1 Å². The van der Waals surface area contributed by atoms with Gasteiger partial charge < -0.3 is 19.5 Å². The van der Waals surface area contributed by atoms with Crippen molar-refractivity contribution in [1.82, 2.24) is 4.72 Å². The fourth-order valence-corrected chi connectivity index (χ4v) is 10.1. The third kappa shape index (κ3) is 6.29. The molecule has 2 aromatic rings. The molecule has 2 fully saturated rings. The number of nitrogens with zero attached hydrogens (tertiary/aromatic N) is 1. The average molecular weight is 697 g/mol. The number of anilines is 1. The highest BCUT2D eigenvalue weighted by atomic mass is 35.5. The monoisotopic (exact) mass is 696 g/mol. The zero-order chi connectivity index (χ0) is 33.8. The molecule has 48 heavy (non-hydrogen) atoms. The first-order valence-electron chi connectivity index (χ1n) is 17.7. The number of amides is 1. The highest BCUT2D eigenvalue weighted by Gasteiger charge is 2.51. The zero-order valence-corrected chi connectivity index (χ0v) is 29.9. The van der Waals surface area contributed by atoms with Gasteiger partial charge in [0.1, 0.15) is 5.75 Å². The molecule has 1 spiro atoms. The Morgan fingerprint density at radius 2 is 1.96 bits per heavy atom. The molecule has 1 unspecified atom stereocenters. The standard InChI is InChI=1S/C38H49ClN2O6S/c1-24-6-4-17-38(46-3,20-34(42)26-8-9-26)32-13-10-28(32)21-41-22-37(16-5-7-27-18-29(39)11-14-31(27)37)23-47-35-15-12-30(19-33(35)41)48(44,45)40-36(43)25(24)2/h4,11-12,14-15,17-19,24-26,28,32,34,42H,5-10,13,16,20-23H2,1-3H3,(H,40,43)/b17-4+/t24-,25+,28-,32+,34?,37-,38+/m0/s1. The molecule has 5 aliphatic rings. The van der Waals surface area contributed by atoms with E-state index in [-0.39, 0.29) is 28.1 Å². The minimum atomic E-state index is -4.13. The minimum Gasteiger partial charge on any atom is -0.490 e. The maximum atomic E-state index is 13.7. The molecule has 2 heterocycles. The van der Waals surface area contributed by atoms with Crippen LogP contribution in [-0.2, 0) is 31.4 Å². The molecule has 2 N–H and O–H groups in total. The lowest BCUT2D eigenvalue weighted by atomic mass is 9.62. The lowest BCUT2D eigenvalue weighted by molar-refractivity contribution is -0.124. The Balaban J connectivity index is 1.33. The number of hydrogen-bond acceptors (Lipinski definition) is 7. The predicted molar refractivity (Wildman–Crippen MR) is 187 cm³/mol. The van der Waals surface area contributed by atoms with Crippen molar-refractivity contribution < 1.29 is 27.8 Å². The second-order valence-electron chi connectivity index (χ2n) is 15.3. The van der Waals surface area contributed by atoms with Crippen LogP contribution in [0.1, 0.15) is 76.3 Å². The fourth-order valence-electron chi connectivity index (χ4n) is 8.82. The van der Waals surface area contributed by atoms with Crippen LogP contribution in [0.25, 0.3) is 0 Å². The molecule has 1 amide bonds. The van der Waals surface area contributed by atoms with E-state index >= 15 is 0 Å². The summed E-state index contributed by atoms with van der Waals surface area (Å²) in [7, 11) is -2.36. The molecule has 0 aromatic heterocycles. The van der Waals surface area contributed by atoms with Gasteiger partial charge in [-0.3, -0.25) is 4.79 Å². The fraction of sp³-hybridized carbons (Fsp3) is 0.605. The number of carbonyl (C=O) groups is 1. The summed E-state index contributed by atoms with van der Waals surface area (Å²) in [6, 6.07) is 11.2. The molecule has 2 aliphatic heterocycles. The van der Waals surface area contributed by atoms with Crippen molar-refractivity contribution in [2.45, 2.75) is 93.7 Å². The van der Waals surface area contributed by atoms with Crippen molar-refractivity contribution in [3.63, 3.8) is 0 Å². The van der Waals surface area contributed by atoms with Gasteiger partial charge in [0.2, 0.25) is 5.91 Å². The van der Waals surface area contributed by atoms with Crippen LogP contribution in [0, 0.1) is 29.6 Å². The summed E-state index contributed by atoms with van der Waals surface area (Å²) in [5.41, 5.74) is 2.25. The van der Waals surface area contributed by atoms with Crippen LogP contribution in [0.4, 0.5) is 5.69 Å². The largest absolute Gasteiger partial charge is 0.490 e. The summed E-state index contributed by atoms with van der Waals surface area (Å²) >= 11 is 6.45.